The van der Waals surface area contributed by atoms with E-state index in [1.165, 1.54) is 32.8 Å². The second kappa shape index (κ2) is 9.02. The molecule has 0 saturated heterocycles. The van der Waals surface area contributed by atoms with Crippen LogP contribution in [0.3, 0.4) is 0 Å². The molecule has 0 aliphatic heterocycles. The van der Waals surface area contributed by atoms with Gasteiger partial charge in [0, 0.05) is 12.1 Å². The molecule has 0 radical (unpaired) electrons. The lowest BCUT2D eigenvalue weighted by atomic mass is 9.95. The number of hydrogen-bond acceptors (Lipinski definition) is 5. The van der Waals surface area contributed by atoms with Crippen molar-refractivity contribution in [1.29, 1.82) is 0 Å². The highest BCUT2D eigenvalue weighted by molar-refractivity contribution is 7.92. The first kappa shape index (κ1) is 22.5. The van der Waals surface area contributed by atoms with Crippen molar-refractivity contribution in [3.8, 4) is 11.5 Å². The molecule has 2 aliphatic carbocycles. The molecule has 0 heterocycles. The van der Waals surface area contributed by atoms with Gasteiger partial charge in [0.1, 0.15) is 6.54 Å². The van der Waals surface area contributed by atoms with Gasteiger partial charge in [-0.15, -0.1) is 0 Å². The molecule has 3 atom stereocenters. The van der Waals surface area contributed by atoms with Crippen LogP contribution in [0, 0.1) is 18.8 Å². The first-order valence-electron chi connectivity index (χ1n) is 10.9. The fourth-order valence-electron chi connectivity index (χ4n) is 4.93. The quantitative estimate of drug-likeness (QED) is 0.654. The number of fused-ring (bicyclic) bond motifs is 2. The molecule has 4 rings (SSSR count). The zero-order valence-corrected chi connectivity index (χ0v) is 19.5. The van der Waals surface area contributed by atoms with Gasteiger partial charge in [-0.05, 0) is 62.3 Å². The Hall–Kier alpha value is -2.74. The predicted octanol–water partition coefficient (Wildman–Crippen LogP) is 3.51. The van der Waals surface area contributed by atoms with Gasteiger partial charge >= 0.3 is 0 Å². The summed E-state index contributed by atoms with van der Waals surface area (Å²) in [5, 5.41) is 3.10. The number of aryl methyl sites for hydroxylation is 1. The number of hydrogen-bond donors (Lipinski definition) is 1. The Bertz CT molecular complexity index is 1080. The topological polar surface area (TPSA) is 84.9 Å². The molecule has 0 spiro atoms. The van der Waals surface area contributed by atoms with Gasteiger partial charge in [0.2, 0.25) is 5.91 Å². The van der Waals surface area contributed by atoms with Crippen molar-refractivity contribution in [2.75, 3.05) is 25.1 Å². The molecule has 2 bridgehead atoms. The number of anilines is 1. The van der Waals surface area contributed by atoms with Crippen LogP contribution >= 0.6 is 0 Å². The van der Waals surface area contributed by atoms with E-state index >= 15 is 0 Å². The largest absolute Gasteiger partial charge is 0.493 e. The maximum Gasteiger partial charge on any atom is 0.264 e. The highest BCUT2D eigenvalue weighted by atomic mass is 32.2. The Balaban J connectivity index is 1.63. The number of nitrogens with one attached hydrogen (secondary N) is 1. The molecule has 8 heteroatoms. The molecule has 2 aliphatic rings. The summed E-state index contributed by atoms with van der Waals surface area (Å²) in [6.07, 6.45) is 4.53. The molecular formula is C24H30N2O5S. The monoisotopic (exact) mass is 458 g/mol. The fourth-order valence-corrected chi connectivity index (χ4v) is 6.37. The zero-order chi connectivity index (χ0) is 22.9. The minimum Gasteiger partial charge on any atom is -0.493 e. The van der Waals surface area contributed by atoms with Crippen LogP contribution < -0.4 is 19.1 Å². The first-order chi connectivity index (χ1) is 15.3. The fraction of sp³-hybridized carbons (Fsp3) is 0.458. The summed E-state index contributed by atoms with van der Waals surface area (Å²) in [6, 6.07) is 11.7. The van der Waals surface area contributed by atoms with E-state index in [-0.39, 0.29) is 23.4 Å². The standard InChI is InChI=1S/C24H30N2O5S/c1-16-4-8-19(9-5-16)26(15-24(27)25-21-13-17-6-7-18(21)12-17)32(28,29)20-10-11-22(30-2)23(14-20)31-3/h4-5,8-11,14,17-18,21H,6-7,12-13,15H2,1-3H3,(H,25,27). The maximum atomic E-state index is 13.6. The first-order valence-corrected chi connectivity index (χ1v) is 12.4. The van der Waals surface area contributed by atoms with Crippen LogP contribution in [0.2, 0.25) is 0 Å². The molecule has 172 valence electrons. The Morgan fingerprint density at radius 1 is 1.03 bits per heavy atom. The molecule has 1 N–H and O–H groups in total. The van der Waals surface area contributed by atoms with E-state index in [0.717, 1.165) is 29.1 Å². The summed E-state index contributed by atoms with van der Waals surface area (Å²) in [5.41, 5.74) is 1.44. The second-order valence-corrected chi connectivity index (χ2v) is 10.6. The van der Waals surface area contributed by atoms with Crippen molar-refractivity contribution in [3.05, 3.63) is 48.0 Å². The van der Waals surface area contributed by atoms with Gasteiger partial charge in [-0.3, -0.25) is 9.10 Å². The van der Waals surface area contributed by atoms with Gasteiger partial charge in [0.25, 0.3) is 10.0 Å². The number of amides is 1. The summed E-state index contributed by atoms with van der Waals surface area (Å²) < 4.78 is 38.9. The third-order valence-corrected chi connectivity index (χ3v) is 8.41. The summed E-state index contributed by atoms with van der Waals surface area (Å²) in [4.78, 5) is 13.0. The zero-order valence-electron chi connectivity index (χ0n) is 18.7. The molecule has 32 heavy (non-hydrogen) atoms. The molecular weight excluding hydrogens is 428 g/mol. The number of methoxy groups -OCH3 is 2. The Labute approximate surface area is 189 Å². The van der Waals surface area contributed by atoms with Crippen LogP contribution in [0.15, 0.2) is 47.4 Å². The van der Waals surface area contributed by atoms with Gasteiger partial charge in [0.05, 0.1) is 24.8 Å². The van der Waals surface area contributed by atoms with Crippen LogP contribution in [0.25, 0.3) is 0 Å². The highest BCUT2D eigenvalue weighted by Gasteiger charge is 2.40. The van der Waals surface area contributed by atoms with Gasteiger partial charge < -0.3 is 14.8 Å². The highest BCUT2D eigenvalue weighted by Crippen LogP contribution is 2.44. The van der Waals surface area contributed by atoms with Crippen molar-refractivity contribution in [3.63, 3.8) is 0 Å². The van der Waals surface area contributed by atoms with Crippen molar-refractivity contribution >= 4 is 21.6 Å². The van der Waals surface area contributed by atoms with E-state index < -0.39 is 10.0 Å². The number of nitrogens with zero attached hydrogens (tertiary/aromatic N) is 1. The summed E-state index contributed by atoms with van der Waals surface area (Å²) >= 11 is 0. The van der Waals surface area contributed by atoms with Gasteiger partial charge in [0.15, 0.2) is 11.5 Å². The summed E-state index contributed by atoms with van der Waals surface area (Å²) in [6.45, 7) is 1.65. The molecule has 2 aromatic carbocycles. The predicted molar refractivity (Wildman–Crippen MR) is 123 cm³/mol. The molecule has 7 nitrogen and oxygen atoms in total. The number of carbonyl (C=O) groups excluding carboxylic acids is 1. The van der Waals surface area contributed by atoms with Crippen LogP contribution in [0.1, 0.15) is 31.2 Å². The lowest BCUT2D eigenvalue weighted by Gasteiger charge is -2.27. The van der Waals surface area contributed by atoms with E-state index in [9.17, 15) is 13.2 Å². The third kappa shape index (κ3) is 4.41. The second-order valence-electron chi connectivity index (χ2n) is 8.71. The van der Waals surface area contributed by atoms with Crippen molar-refractivity contribution in [1.82, 2.24) is 5.32 Å². The van der Waals surface area contributed by atoms with E-state index in [1.54, 1.807) is 18.2 Å². The van der Waals surface area contributed by atoms with Crippen LogP contribution in [-0.4, -0.2) is 41.1 Å². The van der Waals surface area contributed by atoms with E-state index in [0.29, 0.717) is 29.0 Å². The van der Waals surface area contributed by atoms with Crippen LogP contribution in [0.4, 0.5) is 5.69 Å². The number of benzene rings is 2. The van der Waals surface area contributed by atoms with Crippen molar-refractivity contribution in [2.24, 2.45) is 11.8 Å². The maximum absolute atomic E-state index is 13.6. The Kier molecular flexibility index (Phi) is 6.33. The average molecular weight is 459 g/mol. The summed E-state index contributed by atoms with van der Waals surface area (Å²) in [5.74, 6) is 1.66. The lowest BCUT2D eigenvalue weighted by Crippen LogP contribution is -2.46. The third-order valence-electron chi connectivity index (χ3n) is 6.64. The Morgan fingerprint density at radius 2 is 1.75 bits per heavy atom. The smallest absolute Gasteiger partial charge is 0.264 e. The molecule has 2 aromatic rings. The van der Waals surface area contributed by atoms with Crippen molar-refractivity contribution in [2.45, 2.75) is 43.5 Å². The summed E-state index contributed by atoms with van der Waals surface area (Å²) in [7, 11) is -1.08. The van der Waals surface area contributed by atoms with E-state index in [2.05, 4.69) is 5.32 Å². The molecule has 0 aromatic heterocycles. The minimum absolute atomic E-state index is 0.0310. The van der Waals surface area contributed by atoms with Gasteiger partial charge in [-0.1, -0.05) is 24.1 Å². The number of rotatable bonds is 8. The van der Waals surface area contributed by atoms with Crippen molar-refractivity contribution < 1.29 is 22.7 Å². The Morgan fingerprint density at radius 3 is 2.34 bits per heavy atom. The van der Waals surface area contributed by atoms with Crippen LogP contribution in [0.5, 0.6) is 11.5 Å². The number of sulfonamides is 1. The molecule has 2 fully saturated rings. The van der Waals surface area contributed by atoms with Gasteiger partial charge in [-0.25, -0.2) is 8.42 Å². The normalized spacial score (nSPS) is 21.9. The average Bonchev–Trinajstić information content (AvgIpc) is 3.41. The molecule has 3 unspecified atom stereocenters. The minimum atomic E-state index is -4.03. The van der Waals surface area contributed by atoms with E-state index in [4.69, 9.17) is 9.47 Å². The van der Waals surface area contributed by atoms with E-state index in [1.807, 2.05) is 19.1 Å². The number of ether oxygens (including phenoxy) is 2. The van der Waals surface area contributed by atoms with Gasteiger partial charge in [-0.2, -0.15) is 0 Å². The number of carbonyl (C=O) groups is 1. The van der Waals surface area contributed by atoms with Crippen LogP contribution in [-0.2, 0) is 14.8 Å². The molecule has 2 saturated carbocycles. The molecule has 1 amide bonds. The SMILES string of the molecule is COc1ccc(S(=O)(=O)N(CC(=O)NC2CC3CCC2C3)c2ccc(C)cc2)cc1OC. The lowest BCUT2D eigenvalue weighted by molar-refractivity contribution is -0.120.